The second kappa shape index (κ2) is 7.91. The van der Waals surface area contributed by atoms with E-state index in [1.807, 2.05) is 78.4 Å². The fourth-order valence-corrected chi connectivity index (χ4v) is 4.57. The molecule has 0 saturated heterocycles. The van der Waals surface area contributed by atoms with Gasteiger partial charge in [-0.3, -0.25) is 9.48 Å². The second-order valence-electron chi connectivity index (χ2n) is 7.98. The number of aromatic nitrogens is 2. The van der Waals surface area contributed by atoms with Gasteiger partial charge in [0, 0.05) is 32.3 Å². The largest absolute Gasteiger partial charge is 0.493 e. The number of rotatable bonds is 4. The van der Waals surface area contributed by atoms with Gasteiger partial charge in [0.1, 0.15) is 5.75 Å². The van der Waals surface area contributed by atoms with Crippen LogP contribution in [0.5, 0.6) is 5.75 Å². The topological polar surface area (TPSA) is 47.4 Å². The molecule has 3 aromatic carbocycles. The molecule has 1 unspecified atom stereocenters. The van der Waals surface area contributed by atoms with Crippen LogP contribution in [-0.2, 0) is 13.6 Å². The highest BCUT2D eigenvalue weighted by atomic mass is 16.5. The van der Waals surface area contributed by atoms with E-state index in [1.165, 1.54) is 11.1 Å². The molecule has 1 amide bonds. The average molecular weight is 412 g/mol. The molecule has 0 radical (unpaired) electrons. The normalized spacial score (nSPS) is 15.7. The Morgan fingerprint density at radius 1 is 1.10 bits per heavy atom. The van der Waals surface area contributed by atoms with Gasteiger partial charge in [0.25, 0.3) is 5.91 Å². The van der Waals surface area contributed by atoms with Crippen molar-refractivity contribution in [2.75, 3.05) is 13.2 Å². The van der Waals surface area contributed by atoms with E-state index in [4.69, 9.17) is 4.74 Å². The lowest BCUT2D eigenvalue weighted by Gasteiger charge is -2.35. The summed E-state index contributed by atoms with van der Waals surface area (Å²) in [6, 6.07) is 20.3. The zero-order valence-electron chi connectivity index (χ0n) is 17.8. The van der Waals surface area contributed by atoms with Gasteiger partial charge in [0.05, 0.1) is 18.4 Å². The van der Waals surface area contributed by atoms with Crippen molar-refractivity contribution in [2.45, 2.75) is 19.4 Å². The first-order chi connectivity index (χ1) is 15.2. The highest BCUT2D eigenvalue weighted by Gasteiger charge is 2.32. The maximum Gasteiger partial charge on any atom is 0.258 e. The number of amides is 1. The van der Waals surface area contributed by atoms with Crippen LogP contribution in [0.3, 0.4) is 0 Å². The molecule has 0 saturated carbocycles. The fourth-order valence-electron chi connectivity index (χ4n) is 4.57. The van der Waals surface area contributed by atoms with Crippen LogP contribution >= 0.6 is 0 Å². The molecular formula is C26H25N3O2. The van der Waals surface area contributed by atoms with Gasteiger partial charge in [-0.05, 0) is 40.5 Å². The van der Waals surface area contributed by atoms with Crippen LogP contribution < -0.4 is 4.74 Å². The number of ether oxygens (including phenoxy) is 1. The molecule has 31 heavy (non-hydrogen) atoms. The molecule has 0 N–H and O–H groups in total. The molecular weight excluding hydrogens is 386 g/mol. The predicted molar refractivity (Wildman–Crippen MR) is 121 cm³/mol. The monoisotopic (exact) mass is 411 g/mol. The van der Waals surface area contributed by atoms with Gasteiger partial charge in [0.2, 0.25) is 0 Å². The van der Waals surface area contributed by atoms with E-state index in [0.29, 0.717) is 31.0 Å². The van der Waals surface area contributed by atoms with Gasteiger partial charge >= 0.3 is 0 Å². The fraction of sp³-hybridized carbons (Fsp3) is 0.231. The summed E-state index contributed by atoms with van der Waals surface area (Å²) >= 11 is 0. The van der Waals surface area contributed by atoms with E-state index in [-0.39, 0.29) is 11.8 Å². The summed E-state index contributed by atoms with van der Waals surface area (Å²) in [6.45, 7) is 3.65. The first-order valence-corrected chi connectivity index (χ1v) is 10.7. The Morgan fingerprint density at radius 2 is 1.90 bits per heavy atom. The van der Waals surface area contributed by atoms with Crippen molar-refractivity contribution in [2.24, 2.45) is 7.05 Å². The molecule has 0 fully saturated rings. The Labute approximate surface area is 181 Å². The van der Waals surface area contributed by atoms with Crippen molar-refractivity contribution in [1.82, 2.24) is 14.7 Å². The summed E-state index contributed by atoms with van der Waals surface area (Å²) in [4.78, 5) is 15.9. The maximum absolute atomic E-state index is 13.9. The molecule has 5 nitrogen and oxygen atoms in total. The minimum atomic E-state index is 0.00337. The lowest BCUT2D eigenvalue weighted by molar-refractivity contribution is 0.0723. The Morgan fingerprint density at radius 3 is 2.71 bits per heavy atom. The zero-order chi connectivity index (χ0) is 21.4. The van der Waals surface area contributed by atoms with Crippen molar-refractivity contribution >= 4 is 16.7 Å². The van der Waals surface area contributed by atoms with E-state index in [0.717, 1.165) is 16.3 Å². The van der Waals surface area contributed by atoms with Gasteiger partial charge < -0.3 is 9.64 Å². The van der Waals surface area contributed by atoms with Crippen LogP contribution in [0.2, 0.25) is 0 Å². The first-order valence-electron chi connectivity index (χ1n) is 10.7. The molecule has 0 aliphatic carbocycles. The quantitative estimate of drug-likeness (QED) is 0.486. The second-order valence-corrected chi connectivity index (χ2v) is 7.98. The Kier molecular flexibility index (Phi) is 4.94. The highest BCUT2D eigenvalue weighted by Crippen LogP contribution is 2.36. The number of aryl methyl sites for hydroxylation is 1. The Hall–Kier alpha value is -3.60. The molecule has 5 heteroatoms. The number of benzene rings is 3. The van der Waals surface area contributed by atoms with E-state index in [1.54, 1.807) is 0 Å². The van der Waals surface area contributed by atoms with Crippen LogP contribution in [0.15, 0.2) is 73.1 Å². The van der Waals surface area contributed by atoms with Gasteiger partial charge in [-0.2, -0.15) is 5.10 Å². The van der Waals surface area contributed by atoms with Crippen molar-refractivity contribution in [3.8, 4) is 5.75 Å². The molecule has 5 rings (SSSR count). The summed E-state index contributed by atoms with van der Waals surface area (Å²) in [5, 5.41) is 6.33. The Bertz CT molecular complexity index is 1260. The number of carbonyl (C=O) groups excluding carboxylic acids is 1. The third-order valence-corrected chi connectivity index (χ3v) is 6.01. The molecule has 0 bridgehead atoms. The molecule has 0 spiro atoms. The Balaban J connectivity index is 1.60. The average Bonchev–Trinajstić information content (AvgIpc) is 3.24. The summed E-state index contributed by atoms with van der Waals surface area (Å²) in [7, 11) is 1.92. The minimum Gasteiger partial charge on any atom is -0.493 e. The third-order valence-electron chi connectivity index (χ3n) is 6.01. The zero-order valence-corrected chi connectivity index (χ0v) is 17.8. The summed E-state index contributed by atoms with van der Waals surface area (Å²) in [5.74, 6) is 0.736. The van der Waals surface area contributed by atoms with E-state index >= 15 is 0 Å². The van der Waals surface area contributed by atoms with Gasteiger partial charge in [-0.25, -0.2) is 0 Å². The molecule has 1 aliphatic rings. The SMILES string of the molecule is CCOc1ccc2ccccc2c1C(=O)N1Cc2ccccc2C(c2cnn(C)c2)C1. The predicted octanol–water partition coefficient (Wildman–Crippen LogP) is 4.76. The number of hydrogen-bond acceptors (Lipinski definition) is 3. The molecule has 156 valence electrons. The minimum absolute atomic E-state index is 0.00337. The van der Waals surface area contributed by atoms with Crippen LogP contribution in [0.1, 0.15) is 39.9 Å². The molecule has 1 aromatic heterocycles. The van der Waals surface area contributed by atoms with Crippen molar-refractivity contribution < 1.29 is 9.53 Å². The summed E-state index contributed by atoms with van der Waals surface area (Å²) in [6.07, 6.45) is 3.94. The van der Waals surface area contributed by atoms with Gasteiger partial charge in [-0.15, -0.1) is 0 Å². The third kappa shape index (κ3) is 3.46. The number of hydrogen-bond donors (Lipinski definition) is 0. The van der Waals surface area contributed by atoms with Crippen LogP contribution in [0, 0.1) is 0 Å². The van der Waals surface area contributed by atoms with E-state index in [2.05, 4.69) is 23.3 Å². The summed E-state index contributed by atoms with van der Waals surface area (Å²) in [5.41, 5.74) is 4.20. The van der Waals surface area contributed by atoms with Crippen LogP contribution in [0.4, 0.5) is 0 Å². The van der Waals surface area contributed by atoms with Gasteiger partial charge in [0.15, 0.2) is 0 Å². The summed E-state index contributed by atoms with van der Waals surface area (Å²) < 4.78 is 7.70. The highest BCUT2D eigenvalue weighted by molar-refractivity contribution is 6.09. The molecule has 2 heterocycles. The van der Waals surface area contributed by atoms with Crippen molar-refractivity contribution in [3.63, 3.8) is 0 Å². The lowest BCUT2D eigenvalue weighted by Crippen LogP contribution is -2.38. The number of carbonyl (C=O) groups is 1. The number of nitrogens with zero attached hydrogens (tertiary/aromatic N) is 3. The number of fused-ring (bicyclic) bond motifs is 2. The van der Waals surface area contributed by atoms with Gasteiger partial charge in [-0.1, -0.05) is 54.6 Å². The standard InChI is InChI=1S/C26H25N3O2/c1-3-31-24-13-12-18-8-4-7-11-22(18)25(24)26(30)29-16-19-9-5-6-10-21(19)23(17-29)20-14-27-28(2)15-20/h4-15,23H,3,16-17H2,1-2H3. The first kappa shape index (κ1) is 19.4. The van der Waals surface area contributed by atoms with Crippen LogP contribution in [0.25, 0.3) is 10.8 Å². The van der Waals surface area contributed by atoms with E-state index in [9.17, 15) is 4.79 Å². The van der Waals surface area contributed by atoms with Crippen molar-refractivity contribution in [3.05, 3.63) is 95.3 Å². The van der Waals surface area contributed by atoms with E-state index < -0.39 is 0 Å². The lowest BCUT2D eigenvalue weighted by atomic mass is 9.85. The molecule has 4 aromatic rings. The van der Waals surface area contributed by atoms with Crippen LogP contribution in [-0.4, -0.2) is 33.7 Å². The molecule has 1 aliphatic heterocycles. The maximum atomic E-state index is 13.9. The van der Waals surface area contributed by atoms with Crippen molar-refractivity contribution in [1.29, 1.82) is 0 Å². The molecule has 1 atom stereocenters. The smallest absolute Gasteiger partial charge is 0.258 e.